The number of carbonyl (C=O) groups is 1. The van der Waals surface area contributed by atoms with Crippen molar-refractivity contribution >= 4 is 17.5 Å². The highest BCUT2D eigenvalue weighted by molar-refractivity contribution is 6.30. The van der Waals surface area contributed by atoms with Gasteiger partial charge in [-0.2, -0.15) is 0 Å². The van der Waals surface area contributed by atoms with Crippen LogP contribution in [0, 0.1) is 0 Å². The molecule has 1 aliphatic heterocycles. The summed E-state index contributed by atoms with van der Waals surface area (Å²) in [5, 5.41) is 0.698. The molecule has 1 aliphatic rings. The van der Waals surface area contributed by atoms with Crippen molar-refractivity contribution in [3.05, 3.63) is 58.6 Å². The number of halogens is 1. The van der Waals surface area contributed by atoms with Crippen LogP contribution in [-0.4, -0.2) is 37.2 Å². The molecule has 25 heavy (non-hydrogen) atoms. The van der Waals surface area contributed by atoms with Crippen LogP contribution in [0.5, 0.6) is 11.5 Å². The minimum Gasteiger partial charge on any atom is -0.454 e. The zero-order valence-corrected chi connectivity index (χ0v) is 14.8. The molecule has 0 radical (unpaired) electrons. The number of amides is 1. The van der Waals surface area contributed by atoms with E-state index in [1.165, 1.54) is 0 Å². The molecule has 0 aliphatic carbocycles. The fraction of sp³-hybridized carbons (Fsp3) is 0.316. The van der Waals surface area contributed by atoms with Crippen LogP contribution in [0.1, 0.15) is 22.3 Å². The smallest absolute Gasteiger partial charge is 0.253 e. The summed E-state index contributed by atoms with van der Waals surface area (Å²) < 4.78 is 10.7. The minimum atomic E-state index is -0.0642. The Bertz CT molecular complexity index is 749. The standard InChI is InChI=1S/C19H21ClN2O3/c1-22(16(8-9-21)10-13-2-5-15(20)6-3-13)19(23)14-4-7-17-18(11-14)25-12-24-17/h2-7,11,16H,8-10,12,21H2,1H3. The van der Waals surface area contributed by atoms with E-state index in [9.17, 15) is 4.79 Å². The van der Waals surface area contributed by atoms with Gasteiger partial charge in [0.05, 0.1) is 0 Å². The zero-order valence-electron chi connectivity index (χ0n) is 14.1. The molecule has 132 valence electrons. The minimum absolute atomic E-state index is 0.00379. The van der Waals surface area contributed by atoms with E-state index in [1.807, 2.05) is 31.3 Å². The summed E-state index contributed by atoms with van der Waals surface area (Å²) in [6.07, 6.45) is 1.44. The van der Waals surface area contributed by atoms with E-state index in [0.29, 0.717) is 28.6 Å². The van der Waals surface area contributed by atoms with Crippen LogP contribution in [0.4, 0.5) is 0 Å². The van der Waals surface area contributed by atoms with Crippen molar-refractivity contribution < 1.29 is 14.3 Å². The van der Waals surface area contributed by atoms with E-state index >= 15 is 0 Å². The summed E-state index contributed by atoms with van der Waals surface area (Å²) >= 11 is 5.94. The number of benzene rings is 2. The summed E-state index contributed by atoms with van der Waals surface area (Å²) in [5.41, 5.74) is 7.45. The molecule has 1 heterocycles. The maximum atomic E-state index is 12.9. The zero-order chi connectivity index (χ0) is 17.8. The van der Waals surface area contributed by atoms with Gasteiger partial charge in [-0.25, -0.2) is 0 Å². The van der Waals surface area contributed by atoms with Crippen LogP contribution in [0.25, 0.3) is 0 Å². The average Bonchev–Trinajstić information content (AvgIpc) is 3.09. The molecule has 0 saturated heterocycles. The summed E-state index contributed by atoms with van der Waals surface area (Å²) in [5.74, 6) is 1.21. The van der Waals surface area contributed by atoms with Gasteiger partial charge in [-0.1, -0.05) is 23.7 Å². The van der Waals surface area contributed by atoms with Gasteiger partial charge in [0.15, 0.2) is 11.5 Å². The number of hydrogen-bond acceptors (Lipinski definition) is 4. The first-order valence-electron chi connectivity index (χ1n) is 8.20. The number of nitrogens with zero attached hydrogens (tertiary/aromatic N) is 1. The molecule has 1 unspecified atom stereocenters. The molecule has 6 heteroatoms. The van der Waals surface area contributed by atoms with Gasteiger partial charge in [-0.05, 0) is 55.3 Å². The number of nitrogens with two attached hydrogens (primary N) is 1. The summed E-state index contributed by atoms with van der Waals surface area (Å²) in [4.78, 5) is 14.6. The van der Waals surface area contributed by atoms with Crippen molar-refractivity contribution in [2.75, 3.05) is 20.4 Å². The Kier molecular flexibility index (Phi) is 5.46. The molecule has 0 fully saturated rings. The lowest BCUT2D eigenvalue weighted by Gasteiger charge is -2.28. The third kappa shape index (κ3) is 4.06. The fourth-order valence-corrected chi connectivity index (χ4v) is 3.04. The molecular weight excluding hydrogens is 340 g/mol. The van der Waals surface area contributed by atoms with Crippen LogP contribution < -0.4 is 15.2 Å². The lowest BCUT2D eigenvalue weighted by molar-refractivity contribution is 0.0725. The predicted molar refractivity (Wildman–Crippen MR) is 97.3 cm³/mol. The summed E-state index contributed by atoms with van der Waals surface area (Å²) in [6, 6.07) is 12.9. The van der Waals surface area contributed by atoms with Gasteiger partial charge >= 0.3 is 0 Å². The van der Waals surface area contributed by atoms with E-state index in [2.05, 4.69) is 0 Å². The van der Waals surface area contributed by atoms with Crippen LogP contribution in [0.3, 0.4) is 0 Å². The monoisotopic (exact) mass is 360 g/mol. The van der Waals surface area contributed by atoms with Gasteiger partial charge in [0.25, 0.3) is 5.91 Å². The Morgan fingerprint density at radius 1 is 1.20 bits per heavy atom. The molecule has 0 bridgehead atoms. The Morgan fingerprint density at radius 3 is 2.64 bits per heavy atom. The fourth-order valence-electron chi connectivity index (χ4n) is 2.92. The molecule has 3 rings (SSSR count). The summed E-state index contributed by atoms with van der Waals surface area (Å²) in [6.45, 7) is 0.701. The molecule has 1 amide bonds. The van der Waals surface area contributed by atoms with Gasteiger partial charge in [-0.15, -0.1) is 0 Å². The third-order valence-corrected chi connectivity index (χ3v) is 4.62. The topological polar surface area (TPSA) is 64.8 Å². The second-order valence-corrected chi connectivity index (χ2v) is 6.48. The molecule has 5 nitrogen and oxygen atoms in total. The highest BCUT2D eigenvalue weighted by atomic mass is 35.5. The van der Waals surface area contributed by atoms with E-state index in [4.69, 9.17) is 26.8 Å². The van der Waals surface area contributed by atoms with Crippen molar-refractivity contribution in [1.82, 2.24) is 4.90 Å². The van der Waals surface area contributed by atoms with Gasteiger partial charge < -0.3 is 20.1 Å². The van der Waals surface area contributed by atoms with Crippen LogP contribution in [-0.2, 0) is 6.42 Å². The van der Waals surface area contributed by atoms with Crippen LogP contribution >= 0.6 is 11.6 Å². The molecular formula is C19H21ClN2O3. The van der Waals surface area contributed by atoms with Gasteiger partial charge in [0.2, 0.25) is 6.79 Å². The molecule has 0 spiro atoms. The van der Waals surface area contributed by atoms with Crippen molar-refractivity contribution in [2.45, 2.75) is 18.9 Å². The number of rotatable bonds is 6. The van der Waals surface area contributed by atoms with Crippen molar-refractivity contribution in [3.63, 3.8) is 0 Å². The number of likely N-dealkylation sites (N-methyl/N-ethyl adjacent to an activating group) is 1. The highest BCUT2D eigenvalue weighted by Gasteiger charge is 2.23. The van der Waals surface area contributed by atoms with E-state index in [0.717, 1.165) is 18.4 Å². The molecule has 2 aromatic carbocycles. The maximum Gasteiger partial charge on any atom is 0.253 e. The van der Waals surface area contributed by atoms with Crippen molar-refractivity contribution in [1.29, 1.82) is 0 Å². The lowest BCUT2D eigenvalue weighted by Crippen LogP contribution is -2.39. The second kappa shape index (κ2) is 7.76. The Balaban J connectivity index is 1.76. The predicted octanol–water partition coefficient (Wildman–Crippen LogP) is 3.10. The first-order chi connectivity index (χ1) is 12.1. The SMILES string of the molecule is CN(C(=O)c1ccc2c(c1)OCO2)C(CCN)Cc1ccc(Cl)cc1. The Labute approximate surface area is 152 Å². The van der Waals surface area contributed by atoms with Gasteiger partial charge in [0, 0.05) is 23.7 Å². The van der Waals surface area contributed by atoms with Crippen molar-refractivity contribution in [3.8, 4) is 11.5 Å². The lowest BCUT2D eigenvalue weighted by atomic mass is 10.0. The maximum absolute atomic E-state index is 12.9. The van der Waals surface area contributed by atoms with Gasteiger partial charge in [0.1, 0.15) is 0 Å². The van der Waals surface area contributed by atoms with E-state index in [1.54, 1.807) is 23.1 Å². The number of hydrogen-bond donors (Lipinski definition) is 1. The molecule has 1 atom stereocenters. The molecule has 2 aromatic rings. The quantitative estimate of drug-likeness (QED) is 0.859. The van der Waals surface area contributed by atoms with E-state index in [-0.39, 0.29) is 18.7 Å². The third-order valence-electron chi connectivity index (χ3n) is 4.37. The van der Waals surface area contributed by atoms with Crippen LogP contribution in [0.2, 0.25) is 5.02 Å². The largest absolute Gasteiger partial charge is 0.454 e. The first kappa shape index (κ1) is 17.6. The first-order valence-corrected chi connectivity index (χ1v) is 8.57. The summed E-state index contributed by atoms with van der Waals surface area (Å²) in [7, 11) is 1.81. The van der Waals surface area contributed by atoms with Crippen LogP contribution in [0.15, 0.2) is 42.5 Å². The Morgan fingerprint density at radius 2 is 1.92 bits per heavy atom. The van der Waals surface area contributed by atoms with Crippen molar-refractivity contribution in [2.24, 2.45) is 5.73 Å². The highest BCUT2D eigenvalue weighted by Crippen LogP contribution is 2.33. The van der Waals surface area contributed by atoms with Gasteiger partial charge in [-0.3, -0.25) is 4.79 Å². The number of fused-ring (bicyclic) bond motifs is 1. The average molecular weight is 361 g/mol. The number of carbonyl (C=O) groups excluding carboxylic acids is 1. The molecule has 2 N–H and O–H groups in total. The molecule has 0 aromatic heterocycles. The van der Waals surface area contributed by atoms with E-state index < -0.39 is 0 Å². The number of ether oxygens (including phenoxy) is 2. The Hall–Kier alpha value is -2.24. The second-order valence-electron chi connectivity index (χ2n) is 6.05. The molecule has 0 saturated carbocycles. The normalized spacial score (nSPS) is 13.6.